The third-order valence-electron chi connectivity index (χ3n) is 3.27. The first-order valence-electron chi connectivity index (χ1n) is 6.62. The number of nitrogens with zero attached hydrogens (tertiary/aromatic N) is 3. The van der Waals surface area contributed by atoms with Crippen LogP contribution >= 0.6 is 34.5 Å². The highest BCUT2D eigenvalue weighted by Gasteiger charge is 2.19. The standard InChI is InChI=1S/C15H8Cl2N4OS/c16-8-4-5-9-11(7-8)23-15(18-9)19-14(22)13-12(17)10-3-1-2-6-21(10)20-13/h1-7H,(H,18,19,22). The number of thiazole rings is 1. The number of carbonyl (C=O) groups excluding carboxylic acids is 1. The Labute approximate surface area is 144 Å². The van der Waals surface area contributed by atoms with Crippen LogP contribution < -0.4 is 5.32 Å². The largest absolute Gasteiger partial charge is 0.296 e. The van der Waals surface area contributed by atoms with Gasteiger partial charge in [-0.15, -0.1) is 0 Å². The van der Waals surface area contributed by atoms with Gasteiger partial charge in [0.05, 0.1) is 20.8 Å². The van der Waals surface area contributed by atoms with E-state index >= 15 is 0 Å². The molecule has 0 aliphatic rings. The van der Waals surface area contributed by atoms with E-state index in [4.69, 9.17) is 23.2 Å². The van der Waals surface area contributed by atoms with E-state index in [-0.39, 0.29) is 5.69 Å². The summed E-state index contributed by atoms with van der Waals surface area (Å²) in [4.78, 5) is 16.8. The maximum Gasteiger partial charge on any atom is 0.279 e. The molecule has 1 aromatic carbocycles. The minimum absolute atomic E-state index is 0.162. The van der Waals surface area contributed by atoms with Crippen LogP contribution in [-0.2, 0) is 0 Å². The summed E-state index contributed by atoms with van der Waals surface area (Å²) in [6, 6.07) is 10.8. The maximum atomic E-state index is 12.4. The molecule has 23 heavy (non-hydrogen) atoms. The minimum Gasteiger partial charge on any atom is -0.296 e. The minimum atomic E-state index is -0.399. The average Bonchev–Trinajstić information content (AvgIpc) is 3.08. The maximum absolute atomic E-state index is 12.4. The highest BCUT2D eigenvalue weighted by atomic mass is 35.5. The topological polar surface area (TPSA) is 59.3 Å². The second-order valence-corrected chi connectivity index (χ2v) is 6.62. The van der Waals surface area contributed by atoms with Gasteiger partial charge in [-0.2, -0.15) is 5.10 Å². The van der Waals surface area contributed by atoms with Gasteiger partial charge in [0, 0.05) is 11.2 Å². The van der Waals surface area contributed by atoms with Crippen LogP contribution in [0, 0.1) is 0 Å². The molecule has 3 aromatic heterocycles. The fourth-order valence-electron chi connectivity index (χ4n) is 2.22. The number of anilines is 1. The average molecular weight is 363 g/mol. The van der Waals surface area contributed by atoms with Crippen LogP contribution in [0.15, 0.2) is 42.6 Å². The Bertz CT molecular complexity index is 1060. The molecule has 0 saturated heterocycles. The van der Waals surface area contributed by atoms with Crippen LogP contribution in [0.25, 0.3) is 15.7 Å². The van der Waals surface area contributed by atoms with Crippen molar-refractivity contribution in [3.63, 3.8) is 0 Å². The number of hydrogen-bond donors (Lipinski definition) is 1. The van der Waals surface area contributed by atoms with Crippen LogP contribution in [0.3, 0.4) is 0 Å². The number of benzene rings is 1. The summed E-state index contributed by atoms with van der Waals surface area (Å²) in [7, 11) is 0. The molecule has 8 heteroatoms. The lowest BCUT2D eigenvalue weighted by Crippen LogP contribution is -2.12. The molecule has 4 rings (SSSR count). The molecular weight excluding hydrogens is 355 g/mol. The summed E-state index contributed by atoms with van der Waals surface area (Å²) in [5, 5.41) is 8.35. The summed E-state index contributed by atoms with van der Waals surface area (Å²) < 4.78 is 2.46. The number of aromatic nitrogens is 3. The molecule has 1 amide bonds. The van der Waals surface area contributed by atoms with E-state index in [0.29, 0.717) is 20.7 Å². The Morgan fingerprint density at radius 3 is 2.91 bits per heavy atom. The number of amides is 1. The first-order valence-corrected chi connectivity index (χ1v) is 8.19. The molecule has 3 heterocycles. The fourth-order valence-corrected chi connectivity index (χ4v) is 3.63. The second-order valence-electron chi connectivity index (χ2n) is 4.78. The van der Waals surface area contributed by atoms with Gasteiger partial charge in [-0.3, -0.25) is 10.1 Å². The summed E-state index contributed by atoms with van der Waals surface area (Å²) in [6.07, 6.45) is 1.73. The predicted octanol–water partition coefficient (Wildman–Crippen LogP) is 4.50. The zero-order valence-corrected chi connectivity index (χ0v) is 13.8. The van der Waals surface area contributed by atoms with Crippen LogP contribution in [0.4, 0.5) is 5.13 Å². The van der Waals surface area contributed by atoms with Gasteiger partial charge in [0.2, 0.25) is 0 Å². The third kappa shape index (κ3) is 2.55. The third-order valence-corrected chi connectivity index (χ3v) is 4.81. The summed E-state index contributed by atoms with van der Waals surface area (Å²) in [6.45, 7) is 0. The van der Waals surface area contributed by atoms with Crippen LogP contribution in [0.2, 0.25) is 10.0 Å². The van der Waals surface area contributed by atoms with Gasteiger partial charge in [0.1, 0.15) is 0 Å². The Morgan fingerprint density at radius 1 is 1.22 bits per heavy atom. The van der Waals surface area contributed by atoms with Crippen LogP contribution in [0.5, 0.6) is 0 Å². The second kappa shape index (κ2) is 5.49. The monoisotopic (exact) mass is 362 g/mol. The van der Waals surface area contributed by atoms with Crippen molar-refractivity contribution >= 4 is 61.3 Å². The quantitative estimate of drug-likeness (QED) is 0.570. The number of pyridine rings is 1. The van der Waals surface area contributed by atoms with Crippen molar-refractivity contribution in [3.8, 4) is 0 Å². The van der Waals surface area contributed by atoms with Crippen molar-refractivity contribution in [1.82, 2.24) is 14.6 Å². The summed E-state index contributed by atoms with van der Waals surface area (Å²) in [5.41, 5.74) is 1.61. The molecule has 4 aromatic rings. The van der Waals surface area contributed by atoms with E-state index in [0.717, 1.165) is 10.2 Å². The van der Waals surface area contributed by atoms with E-state index in [1.807, 2.05) is 24.3 Å². The fraction of sp³-hybridized carbons (Fsp3) is 0. The van der Waals surface area contributed by atoms with E-state index in [1.165, 1.54) is 11.3 Å². The Morgan fingerprint density at radius 2 is 2.09 bits per heavy atom. The first-order chi connectivity index (χ1) is 11.1. The van der Waals surface area contributed by atoms with E-state index in [1.54, 1.807) is 22.8 Å². The number of hydrogen-bond acceptors (Lipinski definition) is 4. The van der Waals surface area contributed by atoms with Crippen molar-refractivity contribution in [2.45, 2.75) is 0 Å². The Balaban J connectivity index is 1.69. The van der Waals surface area contributed by atoms with Crippen LogP contribution in [-0.4, -0.2) is 20.5 Å². The number of carbonyl (C=O) groups is 1. The molecular formula is C15H8Cl2N4OS. The van der Waals surface area contributed by atoms with Crippen molar-refractivity contribution in [1.29, 1.82) is 0 Å². The van der Waals surface area contributed by atoms with Gasteiger partial charge in [0.25, 0.3) is 5.91 Å². The van der Waals surface area contributed by atoms with E-state index < -0.39 is 5.91 Å². The SMILES string of the molecule is O=C(Nc1nc2ccc(Cl)cc2s1)c1nn2ccccc2c1Cl. The van der Waals surface area contributed by atoms with Gasteiger partial charge in [-0.05, 0) is 30.3 Å². The highest BCUT2D eigenvalue weighted by Crippen LogP contribution is 2.29. The molecule has 0 unspecified atom stereocenters. The lowest BCUT2D eigenvalue weighted by Gasteiger charge is -1.97. The van der Waals surface area contributed by atoms with Gasteiger partial charge in [-0.25, -0.2) is 9.50 Å². The van der Waals surface area contributed by atoms with Gasteiger partial charge in [0.15, 0.2) is 10.8 Å². The van der Waals surface area contributed by atoms with E-state index in [9.17, 15) is 4.79 Å². The molecule has 0 fully saturated rings. The smallest absolute Gasteiger partial charge is 0.279 e. The van der Waals surface area contributed by atoms with Gasteiger partial charge in [-0.1, -0.05) is 40.6 Å². The molecule has 114 valence electrons. The first kappa shape index (κ1) is 14.4. The zero-order chi connectivity index (χ0) is 16.0. The molecule has 0 atom stereocenters. The Kier molecular flexibility index (Phi) is 3.45. The van der Waals surface area contributed by atoms with Crippen molar-refractivity contribution in [2.24, 2.45) is 0 Å². The van der Waals surface area contributed by atoms with Gasteiger partial charge >= 0.3 is 0 Å². The van der Waals surface area contributed by atoms with Crippen molar-refractivity contribution in [2.75, 3.05) is 5.32 Å². The molecule has 0 radical (unpaired) electrons. The van der Waals surface area contributed by atoms with E-state index in [2.05, 4.69) is 15.4 Å². The highest BCUT2D eigenvalue weighted by molar-refractivity contribution is 7.22. The molecule has 0 bridgehead atoms. The molecule has 1 N–H and O–H groups in total. The zero-order valence-electron chi connectivity index (χ0n) is 11.5. The molecule has 0 aliphatic carbocycles. The lowest BCUT2D eigenvalue weighted by atomic mass is 10.3. The molecule has 0 spiro atoms. The molecule has 0 aliphatic heterocycles. The predicted molar refractivity (Wildman–Crippen MR) is 92.8 cm³/mol. The lowest BCUT2D eigenvalue weighted by molar-refractivity contribution is 0.102. The Hall–Kier alpha value is -2.15. The number of fused-ring (bicyclic) bond motifs is 2. The summed E-state index contributed by atoms with van der Waals surface area (Å²) in [5.74, 6) is -0.399. The van der Waals surface area contributed by atoms with Gasteiger partial charge < -0.3 is 0 Å². The summed E-state index contributed by atoms with van der Waals surface area (Å²) >= 11 is 13.5. The normalized spacial score (nSPS) is 11.2. The van der Waals surface area contributed by atoms with Crippen molar-refractivity contribution < 1.29 is 4.79 Å². The van der Waals surface area contributed by atoms with Crippen molar-refractivity contribution in [3.05, 3.63) is 58.3 Å². The molecule has 5 nitrogen and oxygen atoms in total. The van der Waals surface area contributed by atoms with Crippen LogP contribution in [0.1, 0.15) is 10.5 Å². The number of rotatable bonds is 2. The number of nitrogens with one attached hydrogen (secondary N) is 1. The molecule has 0 saturated carbocycles. The number of halogens is 2.